The Morgan fingerprint density at radius 1 is 1.35 bits per heavy atom. The first-order valence-corrected chi connectivity index (χ1v) is 7.36. The highest BCUT2D eigenvalue weighted by molar-refractivity contribution is 5.87. The molecule has 0 spiro atoms. The minimum absolute atomic E-state index is 0. The number of rotatable bonds is 3. The van der Waals surface area contributed by atoms with E-state index in [2.05, 4.69) is 41.8 Å². The molecule has 0 radical (unpaired) electrons. The summed E-state index contributed by atoms with van der Waals surface area (Å²) in [6, 6.07) is 8.77. The summed E-state index contributed by atoms with van der Waals surface area (Å²) in [4.78, 5) is 12.5. The van der Waals surface area contributed by atoms with Crippen LogP contribution in [0.15, 0.2) is 24.3 Å². The Morgan fingerprint density at radius 2 is 2.00 bits per heavy atom. The average Bonchev–Trinajstić information content (AvgIpc) is 3.05. The number of halogens is 1. The van der Waals surface area contributed by atoms with Gasteiger partial charge in [-0.1, -0.05) is 31.2 Å². The van der Waals surface area contributed by atoms with Crippen molar-refractivity contribution in [2.45, 2.75) is 50.6 Å². The zero-order valence-corrected chi connectivity index (χ0v) is 12.8. The van der Waals surface area contributed by atoms with Crippen molar-refractivity contribution in [1.82, 2.24) is 10.6 Å². The maximum absolute atomic E-state index is 12.5. The van der Waals surface area contributed by atoms with E-state index in [-0.39, 0.29) is 29.9 Å². The van der Waals surface area contributed by atoms with Gasteiger partial charge in [-0.15, -0.1) is 12.4 Å². The van der Waals surface area contributed by atoms with Crippen molar-refractivity contribution in [3.63, 3.8) is 0 Å². The highest BCUT2D eigenvalue weighted by Gasteiger charge is 2.40. The van der Waals surface area contributed by atoms with E-state index in [0.717, 1.165) is 38.6 Å². The van der Waals surface area contributed by atoms with Gasteiger partial charge in [0, 0.05) is 6.04 Å². The summed E-state index contributed by atoms with van der Waals surface area (Å²) in [6.45, 7) is 3.06. The molecule has 1 aromatic carbocycles. The summed E-state index contributed by atoms with van der Waals surface area (Å²) in [6.07, 6.45) is 4.89. The van der Waals surface area contributed by atoms with Crippen LogP contribution in [0.4, 0.5) is 0 Å². The molecule has 3 rings (SSSR count). The maximum Gasteiger partial charge on any atom is 0.240 e. The van der Waals surface area contributed by atoms with E-state index in [1.807, 2.05) is 0 Å². The van der Waals surface area contributed by atoms with Gasteiger partial charge in [-0.2, -0.15) is 0 Å². The molecule has 4 heteroatoms. The van der Waals surface area contributed by atoms with E-state index in [0.29, 0.717) is 0 Å². The third-order valence-electron chi connectivity index (χ3n) is 4.67. The van der Waals surface area contributed by atoms with E-state index in [9.17, 15) is 4.79 Å². The van der Waals surface area contributed by atoms with Gasteiger partial charge in [-0.05, 0) is 49.8 Å². The lowest BCUT2D eigenvalue weighted by atomic mass is 9.92. The molecule has 1 saturated heterocycles. The van der Waals surface area contributed by atoms with Gasteiger partial charge in [0.25, 0.3) is 0 Å². The molecule has 1 aliphatic heterocycles. The van der Waals surface area contributed by atoms with Gasteiger partial charge in [-0.25, -0.2) is 0 Å². The highest BCUT2D eigenvalue weighted by atomic mass is 35.5. The minimum Gasteiger partial charge on any atom is -0.351 e. The summed E-state index contributed by atoms with van der Waals surface area (Å²) >= 11 is 0. The second-order valence-corrected chi connectivity index (χ2v) is 5.81. The third-order valence-corrected chi connectivity index (χ3v) is 4.67. The monoisotopic (exact) mass is 294 g/mol. The van der Waals surface area contributed by atoms with E-state index in [1.165, 1.54) is 11.1 Å². The normalized spacial score (nSPS) is 25.1. The number of hydrogen-bond acceptors (Lipinski definition) is 2. The number of nitrogens with one attached hydrogen (secondary N) is 2. The first-order valence-electron chi connectivity index (χ1n) is 7.36. The molecule has 2 aliphatic rings. The molecule has 1 aliphatic carbocycles. The lowest BCUT2D eigenvalue weighted by Crippen LogP contribution is -2.55. The number of fused-ring (bicyclic) bond motifs is 1. The Bertz CT molecular complexity index is 458. The van der Waals surface area contributed by atoms with E-state index < -0.39 is 0 Å². The lowest BCUT2D eigenvalue weighted by molar-refractivity contribution is -0.128. The quantitative estimate of drug-likeness (QED) is 0.897. The zero-order chi connectivity index (χ0) is 13.3. The van der Waals surface area contributed by atoms with Crippen LogP contribution in [0.1, 0.15) is 37.3 Å². The molecule has 1 fully saturated rings. The molecule has 0 bridgehead atoms. The predicted molar refractivity (Wildman–Crippen MR) is 83.3 cm³/mol. The summed E-state index contributed by atoms with van der Waals surface area (Å²) in [5, 5.41) is 6.66. The Kier molecular flexibility index (Phi) is 4.71. The molecule has 0 aromatic heterocycles. The fourth-order valence-corrected chi connectivity index (χ4v) is 3.45. The van der Waals surface area contributed by atoms with Crippen molar-refractivity contribution in [3.05, 3.63) is 35.4 Å². The first kappa shape index (κ1) is 15.3. The molecular weight excluding hydrogens is 272 g/mol. The van der Waals surface area contributed by atoms with Crippen LogP contribution in [0.5, 0.6) is 0 Å². The molecular formula is C16H23ClN2O. The van der Waals surface area contributed by atoms with Crippen LogP contribution in [0.3, 0.4) is 0 Å². The molecule has 1 atom stereocenters. The Hall–Kier alpha value is -1.06. The fourth-order valence-electron chi connectivity index (χ4n) is 3.45. The maximum atomic E-state index is 12.5. The van der Waals surface area contributed by atoms with Crippen molar-refractivity contribution in [3.8, 4) is 0 Å². The van der Waals surface area contributed by atoms with Crippen molar-refractivity contribution in [1.29, 1.82) is 0 Å². The van der Waals surface area contributed by atoms with Gasteiger partial charge in [0.2, 0.25) is 5.91 Å². The largest absolute Gasteiger partial charge is 0.351 e. The minimum atomic E-state index is -0.311. The average molecular weight is 295 g/mol. The summed E-state index contributed by atoms with van der Waals surface area (Å²) < 4.78 is 0. The van der Waals surface area contributed by atoms with Gasteiger partial charge in [0.1, 0.15) is 0 Å². The van der Waals surface area contributed by atoms with Crippen LogP contribution in [-0.4, -0.2) is 24.0 Å². The van der Waals surface area contributed by atoms with Gasteiger partial charge < -0.3 is 10.6 Å². The van der Waals surface area contributed by atoms with Crippen LogP contribution in [0, 0.1) is 0 Å². The summed E-state index contributed by atoms with van der Waals surface area (Å²) in [5.41, 5.74) is 2.46. The van der Waals surface area contributed by atoms with Crippen LogP contribution in [-0.2, 0) is 17.6 Å². The topological polar surface area (TPSA) is 41.1 Å². The summed E-state index contributed by atoms with van der Waals surface area (Å²) in [5.74, 6) is 0.199. The Balaban J connectivity index is 0.00000147. The van der Waals surface area contributed by atoms with Crippen LogP contribution in [0.2, 0.25) is 0 Å². The lowest BCUT2D eigenvalue weighted by Gasteiger charge is -2.28. The molecule has 1 aromatic rings. The van der Waals surface area contributed by atoms with Crippen molar-refractivity contribution in [2.24, 2.45) is 0 Å². The van der Waals surface area contributed by atoms with Crippen molar-refractivity contribution >= 4 is 18.3 Å². The smallest absolute Gasteiger partial charge is 0.240 e. The predicted octanol–water partition coefficient (Wildman–Crippen LogP) is 2.22. The van der Waals surface area contributed by atoms with Crippen molar-refractivity contribution < 1.29 is 4.79 Å². The van der Waals surface area contributed by atoms with Gasteiger partial charge in [0.15, 0.2) is 0 Å². The SMILES string of the molecule is CCC1(C(=O)NC2Cc3ccccc3C2)CCCN1.Cl. The zero-order valence-electron chi connectivity index (χ0n) is 11.9. The fraction of sp³-hybridized carbons (Fsp3) is 0.562. The Labute approximate surface area is 126 Å². The van der Waals surface area contributed by atoms with Gasteiger partial charge >= 0.3 is 0 Å². The number of benzene rings is 1. The molecule has 1 heterocycles. The molecule has 1 amide bonds. The first-order chi connectivity index (χ1) is 9.23. The molecule has 2 N–H and O–H groups in total. The van der Waals surface area contributed by atoms with Crippen LogP contribution < -0.4 is 10.6 Å². The second kappa shape index (κ2) is 6.15. The number of carbonyl (C=O) groups excluding carboxylic acids is 1. The van der Waals surface area contributed by atoms with Gasteiger partial charge in [0.05, 0.1) is 5.54 Å². The molecule has 3 nitrogen and oxygen atoms in total. The van der Waals surface area contributed by atoms with E-state index >= 15 is 0 Å². The standard InChI is InChI=1S/C16H22N2O.ClH/c1-2-16(8-5-9-17-16)15(19)18-14-10-12-6-3-4-7-13(12)11-14;/h3-4,6-7,14,17H,2,5,8-11H2,1H3,(H,18,19);1H. The number of hydrogen-bond donors (Lipinski definition) is 2. The Morgan fingerprint density at radius 3 is 2.50 bits per heavy atom. The molecule has 20 heavy (non-hydrogen) atoms. The molecule has 0 saturated carbocycles. The highest BCUT2D eigenvalue weighted by Crippen LogP contribution is 2.26. The van der Waals surface area contributed by atoms with Gasteiger partial charge in [-0.3, -0.25) is 4.79 Å². The number of carbonyl (C=O) groups is 1. The second-order valence-electron chi connectivity index (χ2n) is 5.81. The van der Waals surface area contributed by atoms with Crippen LogP contribution >= 0.6 is 12.4 Å². The van der Waals surface area contributed by atoms with Crippen molar-refractivity contribution in [2.75, 3.05) is 6.54 Å². The number of amides is 1. The van der Waals surface area contributed by atoms with E-state index in [4.69, 9.17) is 0 Å². The van der Waals surface area contributed by atoms with Crippen LogP contribution in [0.25, 0.3) is 0 Å². The molecule has 1 unspecified atom stereocenters. The third kappa shape index (κ3) is 2.70. The molecule has 110 valence electrons. The van der Waals surface area contributed by atoms with E-state index in [1.54, 1.807) is 0 Å². The summed E-state index contributed by atoms with van der Waals surface area (Å²) in [7, 11) is 0.